The molecule has 0 fully saturated rings. The molecule has 0 amide bonds. The second-order valence-corrected chi connectivity index (χ2v) is 7.44. The zero-order valence-corrected chi connectivity index (χ0v) is 13.1. The van der Waals surface area contributed by atoms with Crippen molar-refractivity contribution in [1.29, 1.82) is 0 Å². The minimum Gasteiger partial charge on any atom is -0.475 e. The lowest BCUT2D eigenvalue weighted by Crippen LogP contribution is -2.40. The molecule has 0 spiro atoms. The van der Waals surface area contributed by atoms with Crippen molar-refractivity contribution in [3.8, 4) is 5.75 Å². The van der Waals surface area contributed by atoms with E-state index in [2.05, 4.69) is 9.47 Å². The van der Waals surface area contributed by atoms with Crippen LogP contribution in [-0.4, -0.2) is 24.9 Å². The van der Waals surface area contributed by atoms with Crippen LogP contribution in [0, 0.1) is 0 Å². The standard InChI is InChI=1S/C13H10F8O3S/c1-2-23-12(22)9-6-7-5-8(25(17,18,19,20)21)3-4-10(7)24-11(9)13(14,15)16/h3-6,11H,2H2,1H3/t11-/m0/s1. The highest BCUT2D eigenvalue weighted by molar-refractivity contribution is 8.45. The molecule has 1 aliphatic rings. The van der Waals surface area contributed by atoms with Crippen LogP contribution >= 0.6 is 10.2 Å². The van der Waals surface area contributed by atoms with Crippen LogP contribution < -0.4 is 4.74 Å². The van der Waals surface area contributed by atoms with Crippen molar-refractivity contribution in [3.63, 3.8) is 0 Å². The molecule has 142 valence electrons. The number of carbonyl (C=O) groups excluding carboxylic acids is 1. The van der Waals surface area contributed by atoms with Gasteiger partial charge in [0, 0.05) is 5.56 Å². The Morgan fingerprint density at radius 3 is 2.28 bits per heavy atom. The summed E-state index contributed by atoms with van der Waals surface area (Å²) >= 11 is 0. The van der Waals surface area contributed by atoms with E-state index in [9.17, 15) is 37.4 Å². The number of halogens is 8. The molecule has 25 heavy (non-hydrogen) atoms. The number of rotatable bonds is 3. The molecule has 2 rings (SSSR count). The Balaban J connectivity index is 2.61. The summed E-state index contributed by atoms with van der Waals surface area (Å²) in [6.45, 7) is 0.990. The number of hydrogen-bond acceptors (Lipinski definition) is 3. The maximum atomic E-state index is 13.0. The van der Waals surface area contributed by atoms with Gasteiger partial charge in [-0.05, 0) is 31.2 Å². The topological polar surface area (TPSA) is 35.5 Å². The Labute approximate surface area is 135 Å². The average Bonchev–Trinajstić information content (AvgIpc) is 2.42. The first-order chi connectivity index (χ1) is 11.0. The first-order valence-corrected chi connectivity index (χ1v) is 8.48. The molecule has 0 aliphatic carbocycles. The van der Waals surface area contributed by atoms with E-state index in [0.717, 1.165) is 0 Å². The van der Waals surface area contributed by atoms with E-state index < -0.39 is 50.3 Å². The number of benzene rings is 1. The van der Waals surface area contributed by atoms with E-state index >= 15 is 0 Å². The van der Waals surface area contributed by atoms with Gasteiger partial charge < -0.3 is 9.47 Å². The zero-order valence-electron chi connectivity index (χ0n) is 12.3. The van der Waals surface area contributed by atoms with Crippen molar-refractivity contribution in [2.75, 3.05) is 6.61 Å². The van der Waals surface area contributed by atoms with Gasteiger partial charge in [-0.1, -0.05) is 19.4 Å². The number of esters is 1. The summed E-state index contributed by atoms with van der Waals surface area (Å²) in [5.41, 5.74) is -1.88. The Morgan fingerprint density at radius 1 is 1.20 bits per heavy atom. The van der Waals surface area contributed by atoms with Crippen LogP contribution in [0.5, 0.6) is 5.75 Å². The molecule has 12 heteroatoms. The third-order valence-electron chi connectivity index (χ3n) is 3.07. The highest BCUT2D eigenvalue weighted by Crippen LogP contribution is 3.02. The molecule has 1 atom stereocenters. The lowest BCUT2D eigenvalue weighted by molar-refractivity contribution is -0.187. The zero-order chi connectivity index (χ0) is 19.3. The van der Waals surface area contributed by atoms with Gasteiger partial charge in [0.2, 0.25) is 6.10 Å². The predicted molar refractivity (Wildman–Crippen MR) is 72.9 cm³/mol. The quantitative estimate of drug-likeness (QED) is 0.490. The molecular formula is C13H10F8O3S. The van der Waals surface area contributed by atoms with Crippen LogP contribution in [0.2, 0.25) is 0 Å². The molecule has 3 nitrogen and oxygen atoms in total. The van der Waals surface area contributed by atoms with E-state index in [0.29, 0.717) is 12.1 Å². The van der Waals surface area contributed by atoms with E-state index in [-0.39, 0.29) is 18.7 Å². The fourth-order valence-electron chi connectivity index (χ4n) is 2.04. The Bertz CT molecular complexity index is 751. The van der Waals surface area contributed by atoms with Crippen molar-refractivity contribution in [1.82, 2.24) is 0 Å². The predicted octanol–water partition coefficient (Wildman–Crippen LogP) is 5.61. The molecule has 0 bridgehead atoms. The van der Waals surface area contributed by atoms with Gasteiger partial charge in [0.15, 0.2) is 0 Å². The molecule has 0 N–H and O–H groups in total. The highest BCUT2D eigenvalue weighted by atomic mass is 32.5. The first kappa shape index (κ1) is 19.3. The maximum Gasteiger partial charge on any atom is 0.430 e. The molecule has 0 unspecified atom stereocenters. The number of ether oxygens (including phenoxy) is 2. The van der Waals surface area contributed by atoms with E-state index in [1.54, 1.807) is 0 Å². The molecule has 1 aromatic carbocycles. The van der Waals surface area contributed by atoms with Crippen molar-refractivity contribution < 1.29 is 46.9 Å². The van der Waals surface area contributed by atoms with Crippen molar-refractivity contribution in [2.45, 2.75) is 24.1 Å². The van der Waals surface area contributed by atoms with Gasteiger partial charge in [-0.25, -0.2) is 4.79 Å². The lowest BCUT2D eigenvalue weighted by atomic mass is 10.0. The summed E-state index contributed by atoms with van der Waals surface area (Å²) in [6, 6.07) is 0.208. The van der Waals surface area contributed by atoms with E-state index in [4.69, 9.17) is 0 Å². The first-order valence-electron chi connectivity index (χ1n) is 6.53. The lowest BCUT2D eigenvalue weighted by Gasteiger charge is -2.41. The minimum absolute atomic E-state index is 0.0668. The smallest absolute Gasteiger partial charge is 0.430 e. The normalized spacial score (nSPS) is 20.5. The monoisotopic (exact) mass is 398 g/mol. The van der Waals surface area contributed by atoms with Gasteiger partial charge in [0.1, 0.15) is 10.6 Å². The Morgan fingerprint density at radius 2 is 1.80 bits per heavy atom. The van der Waals surface area contributed by atoms with E-state index in [1.807, 2.05) is 0 Å². The molecular weight excluding hydrogens is 388 g/mol. The molecule has 1 aromatic rings. The molecule has 1 heterocycles. The number of hydrogen-bond donors (Lipinski definition) is 0. The fraction of sp³-hybridized carbons (Fsp3) is 0.308. The van der Waals surface area contributed by atoms with Crippen LogP contribution in [0.3, 0.4) is 0 Å². The van der Waals surface area contributed by atoms with Crippen LogP contribution in [0.1, 0.15) is 12.5 Å². The highest BCUT2D eigenvalue weighted by Gasteiger charge is 2.65. The third-order valence-corrected chi connectivity index (χ3v) is 4.22. The van der Waals surface area contributed by atoms with Gasteiger partial charge in [-0.2, -0.15) is 13.2 Å². The second-order valence-electron chi connectivity index (χ2n) is 5.03. The Hall–Kier alpha value is -1.98. The summed E-state index contributed by atoms with van der Waals surface area (Å²) in [4.78, 5) is 9.33. The van der Waals surface area contributed by atoms with Crippen LogP contribution in [-0.2, 0) is 9.53 Å². The van der Waals surface area contributed by atoms with Gasteiger partial charge in [-0.15, -0.1) is 0 Å². The van der Waals surface area contributed by atoms with Crippen molar-refractivity contribution in [3.05, 3.63) is 29.3 Å². The molecule has 1 aliphatic heterocycles. The summed E-state index contributed by atoms with van der Waals surface area (Å²) in [7, 11) is -10.0. The fourth-order valence-corrected chi connectivity index (χ4v) is 2.72. The molecule has 0 saturated carbocycles. The van der Waals surface area contributed by atoms with Crippen LogP contribution in [0.15, 0.2) is 28.7 Å². The average molecular weight is 398 g/mol. The van der Waals surface area contributed by atoms with Crippen LogP contribution in [0.4, 0.5) is 32.6 Å². The van der Waals surface area contributed by atoms with Crippen molar-refractivity contribution >= 4 is 22.3 Å². The van der Waals surface area contributed by atoms with Gasteiger partial charge >= 0.3 is 22.4 Å². The van der Waals surface area contributed by atoms with Crippen molar-refractivity contribution in [2.24, 2.45) is 0 Å². The SMILES string of the molecule is CCOC(=O)C1=Cc2cc(S(F)(F)(F)(F)F)ccc2O[C@@H]1C(F)(F)F. The molecule has 0 aromatic heterocycles. The maximum absolute atomic E-state index is 13.0. The Kier molecular flexibility index (Phi) is 3.89. The summed E-state index contributed by atoms with van der Waals surface area (Å²) in [6.07, 6.45) is -7.46. The summed E-state index contributed by atoms with van der Waals surface area (Å²) in [5, 5.41) is 0. The van der Waals surface area contributed by atoms with Gasteiger partial charge in [-0.3, -0.25) is 0 Å². The van der Waals surface area contributed by atoms with E-state index in [1.165, 1.54) is 6.92 Å². The van der Waals surface area contributed by atoms with Crippen LogP contribution in [0.25, 0.3) is 6.08 Å². The number of fused-ring (bicyclic) bond motifs is 1. The van der Waals surface area contributed by atoms with Gasteiger partial charge in [0.05, 0.1) is 12.2 Å². The minimum atomic E-state index is -10.0. The molecule has 0 saturated heterocycles. The van der Waals surface area contributed by atoms with Gasteiger partial charge in [0.25, 0.3) is 0 Å². The largest absolute Gasteiger partial charge is 0.475 e. The second kappa shape index (κ2) is 5.02. The third kappa shape index (κ3) is 4.17. The molecule has 0 radical (unpaired) electrons. The number of carbonyl (C=O) groups is 1. The summed E-state index contributed by atoms with van der Waals surface area (Å²) < 4.78 is 112. The number of alkyl halides is 3. The summed E-state index contributed by atoms with van der Waals surface area (Å²) in [5.74, 6) is -2.20.